The standard InChI is InChI=1S/C15H20N6OS/c1-21(14(22)9-12-10-23-15(17)18-12)8-7-13(16)20-19-11-5-3-2-4-6-11/h2-6,10,19H,7-9H2,1H3,(H2,16,20)(H2,17,18). The van der Waals surface area contributed by atoms with Gasteiger partial charge in [0.1, 0.15) is 5.84 Å². The molecule has 0 aliphatic carbocycles. The number of benzene rings is 1. The summed E-state index contributed by atoms with van der Waals surface area (Å²) in [6.45, 7) is 0.490. The van der Waals surface area contributed by atoms with Crippen LogP contribution in [0.5, 0.6) is 0 Å². The number of nitrogens with zero attached hydrogens (tertiary/aromatic N) is 3. The molecule has 0 spiro atoms. The Labute approximate surface area is 139 Å². The summed E-state index contributed by atoms with van der Waals surface area (Å²) < 4.78 is 0. The number of carbonyl (C=O) groups is 1. The van der Waals surface area contributed by atoms with Crippen LogP contribution in [-0.4, -0.2) is 35.2 Å². The second-order valence-electron chi connectivity index (χ2n) is 5.00. The molecular formula is C15H20N6OS. The van der Waals surface area contributed by atoms with Gasteiger partial charge in [0.05, 0.1) is 17.8 Å². The van der Waals surface area contributed by atoms with Crippen molar-refractivity contribution in [2.75, 3.05) is 24.8 Å². The lowest BCUT2D eigenvalue weighted by Crippen LogP contribution is -2.32. The molecule has 2 aromatic rings. The van der Waals surface area contributed by atoms with Crippen LogP contribution in [0.15, 0.2) is 40.8 Å². The number of rotatable bonds is 7. The second kappa shape index (κ2) is 8.14. The van der Waals surface area contributed by atoms with Gasteiger partial charge in [0.2, 0.25) is 5.91 Å². The van der Waals surface area contributed by atoms with Crippen molar-refractivity contribution in [1.29, 1.82) is 0 Å². The van der Waals surface area contributed by atoms with E-state index >= 15 is 0 Å². The van der Waals surface area contributed by atoms with Crippen LogP contribution in [0, 0.1) is 0 Å². The van der Waals surface area contributed by atoms with E-state index in [2.05, 4.69) is 15.5 Å². The molecule has 1 aromatic heterocycles. The Balaban J connectivity index is 1.76. The third-order valence-electron chi connectivity index (χ3n) is 3.13. The molecule has 122 valence electrons. The summed E-state index contributed by atoms with van der Waals surface area (Å²) in [4.78, 5) is 17.8. The monoisotopic (exact) mass is 332 g/mol. The smallest absolute Gasteiger partial charge is 0.228 e. The van der Waals surface area contributed by atoms with Crippen LogP contribution in [0.25, 0.3) is 0 Å². The number of thiazole rings is 1. The summed E-state index contributed by atoms with van der Waals surface area (Å²) >= 11 is 1.33. The number of para-hydroxylation sites is 1. The molecule has 2 rings (SSSR count). The van der Waals surface area contributed by atoms with E-state index in [1.54, 1.807) is 17.3 Å². The van der Waals surface area contributed by atoms with Gasteiger partial charge in [0, 0.05) is 25.4 Å². The van der Waals surface area contributed by atoms with Crippen molar-refractivity contribution in [3.8, 4) is 0 Å². The van der Waals surface area contributed by atoms with Crippen molar-refractivity contribution >= 4 is 33.9 Å². The molecule has 1 heterocycles. The molecule has 0 saturated heterocycles. The molecule has 23 heavy (non-hydrogen) atoms. The lowest BCUT2D eigenvalue weighted by atomic mass is 10.3. The largest absolute Gasteiger partial charge is 0.386 e. The number of hydrogen-bond donors (Lipinski definition) is 3. The van der Waals surface area contributed by atoms with Gasteiger partial charge in [-0.05, 0) is 12.1 Å². The second-order valence-corrected chi connectivity index (χ2v) is 5.89. The first-order valence-electron chi connectivity index (χ1n) is 7.11. The third-order valence-corrected chi connectivity index (χ3v) is 3.86. The van der Waals surface area contributed by atoms with E-state index in [1.165, 1.54) is 11.3 Å². The molecule has 1 aromatic carbocycles. The molecule has 0 atom stereocenters. The predicted molar refractivity (Wildman–Crippen MR) is 94.2 cm³/mol. The van der Waals surface area contributed by atoms with E-state index in [0.29, 0.717) is 29.6 Å². The molecule has 7 nitrogen and oxygen atoms in total. The lowest BCUT2D eigenvalue weighted by molar-refractivity contribution is -0.129. The third kappa shape index (κ3) is 5.59. The minimum Gasteiger partial charge on any atom is -0.386 e. The van der Waals surface area contributed by atoms with Gasteiger partial charge in [-0.15, -0.1) is 11.3 Å². The Bertz CT molecular complexity index is 670. The fourth-order valence-electron chi connectivity index (χ4n) is 1.81. The molecule has 0 aliphatic rings. The highest BCUT2D eigenvalue weighted by molar-refractivity contribution is 7.13. The van der Waals surface area contributed by atoms with Gasteiger partial charge >= 0.3 is 0 Å². The van der Waals surface area contributed by atoms with Gasteiger partial charge in [-0.3, -0.25) is 10.2 Å². The minimum absolute atomic E-state index is 0.0286. The number of nitrogens with two attached hydrogens (primary N) is 2. The topological polar surface area (TPSA) is 110 Å². The van der Waals surface area contributed by atoms with E-state index < -0.39 is 0 Å². The zero-order valence-electron chi connectivity index (χ0n) is 12.9. The Hall–Kier alpha value is -2.61. The first kappa shape index (κ1) is 16.8. The molecule has 0 aliphatic heterocycles. The highest BCUT2D eigenvalue weighted by atomic mass is 32.1. The van der Waals surface area contributed by atoms with Gasteiger partial charge in [0.25, 0.3) is 0 Å². The van der Waals surface area contributed by atoms with Crippen molar-refractivity contribution in [2.24, 2.45) is 10.8 Å². The van der Waals surface area contributed by atoms with Crippen molar-refractivity contribution in [3.63, 3.8) is 0 Å². The predicted octanol–water partition coefficient (Wildman–Crippen LogP) is 1.50. The van der Waals surface area contributed by atoms with Crippen molar-refractivity contribution in [3.05, 3.63) is 41.4 Å². The van der Waals surface area contributed by atoms with Gasteiger partial charge in [-0.1, -0.05) is 18.2 Å². The van der Waals surface area contributed by atoms with Crippen LogP contribution < -0.4 is 16.9 Å². The SMILES string of the molecule is CN(CC/C(N)=N/Nc1ccccc1)C(=O)Cc1csc(N)n1. The van der Waals surface area contributed by atoms with Gasteiger partial charge < -0.3 is 16.4 Å². The number of amidine groups is 1. The van der Waals surface area contributed by atoms with Crippen LogP contribution in [0.1, 0.15) is 12.1 Å². The zero-order chi connectivity index (χ0) is 16.7. The normalized spacial score (nSPS) is 11.3. The van der Waals surface area contributed by atoms with E-state index in [-0.39, 0.29) is 12.3 Å². The molecule has 5 N–H and O–H groups in total. The lowest BCUT2D eigenvalue weighted by Gasteiger charge is -2.16. The number of carbonyl (C=O) groups excluding carboxylic acids is 1. The molecule has 0 bridgehead atoms. The number of likely N-dealkylation sites (N-methyl/N-ethyl adjacent to an activating group) is 1. The Morgan fingerprint density at radius 3 is 2.78 bits per heavy atom. The molecule has 1 amide bonds. The van der Waals surface area contributed by atoms with Crippen molar-refractivity contribution < 1.29 is 4.79 Å². The Kier molecular flexibility index (Phi) is 5.93. The zero-order valence-corrected chi connectivity index (χ0v) is 13.7. The molecule has 0 unspecified atom stereocenters. The summed E-state index contributed by atoms with van der Waals surface area (Å²) in [6.07, 6.45) is 0.727. The number of nitrogen functional groups attached to an aromatic ring is 1. The van der Waals surface area contributed by atoms with E-state index in [4.69, 9.17) is 11.5 Å². The van der Waals surface area contributed by atoms with Crippen LogP contribution in [0.3, 0.4) is 0 Å². The summed E-state index contributed by atoms with van der Waals surface area (Å²) in [5.41, 5.74) is 15.8. The van der Waals surface area contributed by atoms with E-state index in [1.807, 2.05) is 30.3 Å². The van der Waals surface area contributed by atoms with Crippen LogP contribution >= 0.6 is 11.3 Å². The van der Waals surface area contributed by atoms with Gasteiger partial charge in [0.15, 0.2) is 5.13 Å². The first-order chi connectivity index (χ1) is 11.0. The maximum Gasteiger partial charge on any atom is 0.228 e. The van der Waals surface area contributed by atoms with Crippen LogP contribution in [0.4, 0.5) is 10.8 Å². The van der Waals surface area contributed by atoms with Crippen LogP contribution in [-0.2, 0) is 11.2 Å². The van der Waals surface area contributed by atoms with Crippen molar-refractivity contribution in [1.82, 2.24) is 9.88 Å². The maximum absolute atomic E-state index is 12.1. The fourth-order valence-corrected chi connectivity index (χ4v) is 2.37. The summed E-state index contributed by atoms with van der Waals surface area (Å²) in [5, 5.41) is 6.36. The minimum atomic E-state index is -0.0286. The molecular weight excluding hydrogens is 312 g/mol. The van der Waals surface area contributed by atoms with Crippen LogP contribution in [0.2, 0.25) is 0 Å². The number of aromatic nitrogens is 1. The number of amides is 1. The summed E-state index contributed by atoms with van der Waals surface area (Å²) in [7, 11) is 1.73. The Morgan fingerprint density at radius 1 is 1.39 bits per heavy atom. The van der Waals surface area contributed by atoms with E-state index in [9.17, 15) is 4.79 Å². The highest BCUT2D eigenvalue weighted by Crippen LogP contribution is 2.12. The summed E-state index contributed by atoms with van der Waals surface area (Å²) in [6, 6.07) is 9.53. The van der Waals surface area contributed by atoms with Gasteiger partial charge in [-0.2, -0.15) is 5.10 Å². The quantitative estimate of drug-likeness (QED) is 0.404. The maximum atomic E-state index is 12.1. The fraction of sp³-hybridized carbons (Fsp3) is 0.267. The average molecular weight is 332 g/mol. The number of nitrogens with one attached hydrogen (secondary N) is 1. The number of hydrogen-bond acceptors (Lipinski definition) is 6. The average Bonchev–Trinajstić information content (AvgIpc) is 2.96. The first-order valence-corrected chi connectivity index (χ1v) is 7.99. The molecule has 0 radical (unpaired) electrons. The van der Waals surface area contributed by atoms with Gasteiger partial charge in [-0.25, -0.2) is 4.98 Å². The van der Waals surface area contributed by atoms with Crippen molar-refractivity contribution in [2.45, 2.75) is 12.8 Å². The molecule has 0 fully saturated rings. The highest BCUT2D eigenvalue weighted by Gasteiger charge is 2.12. The Morgan fingerprint density at radius 2 is 2.13 bits per heavy atom. The van der Waals surface area contributed by atoms with E-state index in [0.717, 1.165) is 5.69 Å². The molecule has 0 saturated carbocycles. The number of hydrazone groups is 1. The molecule has 8 heteroatoms. The summed E-state index contributed by atoms with van der Waals surface area (Å²) in [5.74, 6) is 0.408. The number of anilines is 2.